The number of carbonyl (C=O) groups excluding carboxylic acids is 1. The molecule has 0 heterocycles. The van der Waals surface area contributed by atoms with Crippen LogP contribution in [0, 0.1) is 0 Å². The van der Waals surface area contributed by atoms with E-state index in [0.29, 0.717) is 17.9 Å². The zero-order valence-electron chi connectivity index (χ0n) is 11.7. The first-order chi connectivity index (χ1) is 9.17. The highest BCUT2D eigenvalue weighted by molar-refractivity contribution is 7.85. The van der Waals surface area contributed by atoms with Gasteiger partial charge in [0.25, 0.3) is 0 Å². The van der Waals surface area contributed by atoms with Crippen LogP contribution in [0.1, 0.15) is 35.7 Å². The minimum absolute atomic E-state index is 0.0428. The molecular formula is C15H22O3S. The summed E-state index contributed by atoms with van der Waals surface area (Å²) in [6.45, 7) is 2.72. The number of hydrogen-bond donors (Lipinski definition) is 0. The van der Waals surface area contributed by atoms with E-state index < -0.39 is 10.8 Å². The van der Waals surface area contributed by atoms with E-state index >= 15 is 0 Å². The molecule has 1 aromatic carbocycles. The summed E-state index contributed by atoms with van der Waals surface area (Å²) in [5.41, 5.74) is 1.89. The Balaban J connectivity index is 2.46. The van der Waals surface area contributed by atoms with Gasteiger partial charge in [-0.25, -0.2) is 0 Å². The average molecular weight is 282 g/mol. The first kappa shape index (κ1) is 16.1. The van der Waals surface area contributed by atoms with Crippen molar-refractivity contribution in [2.75, 3.05) is 25.2 Å². The van der Waals surface area contributed by atoms with Gasteiger partial charge in [-0.15, -0.1) is 0 Å². The number of carbonyl (C=O) groups is 1. The molecule has 106 valence electrons. The van der Waals surface area contributed by atoms with E-state index in [1.807, 2.05) is 24.3 Å². The van der Waals surface area contributed by atoms with E-state index in [1.54, 1.807) is 7.11 Å². The predicted molar refractivity (Wildman–Crippen MR) is 79.1 cm³/mol. The van der Waals surface area contributed by atoms with Crippen LogP contribution in [0.15, 0.2) is 24.3 Å². The van der Waals surface area contributed by atoms with E-state index in [0.717, 1.165) is 19.3 Å². The fourth-order valence-electron chi connectivity index (χ4n) is 1.81. The Kier molecular flexibility index (Phi) is 7.60. The van der Waals surface area contributed by atoms with Crippen LogP contribution >= 0.6 is 0 Å². The molecular weight excluding hydrogens is 260 g/mol. The number of ketones is 1. The third kappa shape index (κ3) is 6.12. The Labute approximate surface area is 117 Å². The number of rotatable bonds is 9. The fourth-order valence-corrected chi connectivity index (χ4v) is 2.86. The van der Waals surface area contributed by atoms with Gasteiger partial charge in [0.05, 0.1) is 5.75 Å². The van der Waals surface area contributed by atoms with Crippen molar-refractivity contribution >= 4 is 16.6 Å². The van der Waals surface area contributed by atoms with E-state index in [4.69, 9.17) is 4.74 Å². The third-order valence-electron chi connectivity index (χ3n) is 2.83. The van der Waals surface area contributed by atoms with Crippen LogP contribution in [0.4, 0.5) is 0 Å². The highest BCUT2D eigenvalue weighted by Crippen LogP contribution is 2.08. The summed E-state index contributed by atoms with van der Waals surface area (Å²) in [5, 5.41) is 0. The van der Waals surface area contributed by atoms with Gasteiger partial charge in [-0.05, 0) is 18.4 Å². The molecule has 0 aliphatic rings. The van der Waals surface area contributed by atoms with Gasteiger partial charge in [-0.3, -0.25) is 9.00 Å². The number of benzene rings is 1. The maximum Gasteiger partial charge on any atom is 0.175 e. The average Bonchev–Trinajstić information content (AvgIpc) is 2.40. The van der Waals surface area contributed by atoms with Crippen LogP contribution in [0.2, 0.25) is 0 Å². The number of hydrogen-bond acceptors (Lipinski definition) is 3. The monoisotopic (exact) mass is 282 g/mol. The lowest BCUT2D eigenvalue weighted by Gasteiger charge is -2.04. The Morgan fingerprint density at radius 1 is 1.26 bits per heavy atom. The molecule has 0 spiro atoms. The van der Waals surface area contributed by atoms with Crippen LogP contribution < -0.4 is 0 Å². The summed E-state index contributed by atoms with van der Waals surface area (Å²) in [7, 11) is 0.527. The quantitative estimate of drug-likeness (QED) is 0.516. The Hall–Kier alpha value is -1.00. The molecule has 0 bridgehead atoms. The van der Waals surface area contributed by atoms with Gasteiger partial charge in [0.1, 0.15) is 0 Å². The molecule has 4 heteroatoms. The molecule has 0 saturated carbocycles. The van der Waals surface area contributed by atoms with E-state index in [1.165, 1.54) is 5.56 Å². The number of aryl methyl sites for hydroxylation is 1. The van der Waals surface area contributed by atoms with E-state index in [2.05, 4.69) is 6.92 Å². The van der Waals surface area contributed by atoms with Crippen molar-refractivity contribution in [2.45, 2.75) is 26.2 Å². The molecule has 19 heavy (non-hydrogen) atoms. The van der Waals surface area contributed by atoms with Gasteiger partial charge in [-0.2, -0.15) is 0 Å². The second-order valence-electron chi connectivity index (χ2n) is 4.50. The summed E-state index contributed by atoms with van der Waals surface area (Å²) < 4.78 is 16.6. The van der Waals surface area contributed by atoms with Crippen LogP contribution in [-0.2, 0) is 22.0 Å². The fraction of sp³-hybridized carbons (Fsp3) is 0.533. The van der Waals surface area contributed by atoms with Crippen molar-refractivity contribution in [1.82, 2.24) is 0 Å². The first-order valence-corrected chi connectivity index (χ1v) is 8.12. The van der Waals surface area contributed by atoms with Crippen LogP contribution in [-0.4, -0.2) is 35.2 Å². The van der Waals surface area contributed by atoms with Crippen molar-refractivity contribution in [1.29, 1.82) is 0 Å². The molecule has 1 atom stereocenters. The van der Waals surface area contributed by atoms with Crippen LogP contribution in [0.3, 0.4) is 0 Å². The number of ether oxygens (including phenoxy) is 1. The first-order valence-electron chi connectivity index (χ1n) is 6.63. The smallest absolute Gasteiger partial charge is 0.175 e. The van der Waals surface area contributed by atoms with E-state index in [9.17, 15) is 9.00 Å². The van der Waals surface area contributed by atoms with Crippen molar-refractivity contribution in [3.05, 3.63) is 35.4 Å². The molecule has 0 radical (unpaired) electrons. The zero-order chi connectivity index (χ0) is 14.1. The molecule has 0 fully saturated rings. The molecule has 0 saturated heterocycles. The largest absolute Gasteiger partial charge is 0.385 e. The molecule has 0 amide bonds. The lowest BCUT2D eigenvalue weighted by atomic mass is 10.1. The van der Waals surface area contributed by atoms with E-state index in [-0.39, 0.29) is 11.5 Å². The van der Waals surface area contributed by atoms with Crippen LogP contribution in [0.25, 0.3) is 0 Å². The van der Waals surface area contributed by atoms with Crippen molar-refractivity contribution in [3.63, 3.8) is 0 Å². The summed E-state index contributed by atoms with van der Waals surface area (Å²) in [6.07, 6.45) is 2.85. The number of methoxy groups -OCH3 is 1. The highest BCUT2D eigenvalue weighted by Gasteiger charge is 2.10. The maximum absolute atomic E-state index is 11.9. The topological polar surface area (TPSA) is 43.4 Å². The lowest BCUT2D eigenvalue weighted by Crippen LogP contribution is -2.14. The lowest BCUT2D eigenvalue weighted by molar-refractivity contribution is 0.102. The van der Waals surface area contributed by atoms with Crippen molar-refractivity contribution in [2.24, 2.45) is 0 Å². The molecule has 1 unspecified atom stereocenters. The maximum atomic E-state index is 11.9. The van der Waals surface area contributed by atoms with Crippen molar-refractivity contribution < 1.29 is 13.7 Å². The molecule has 0 aliphatic heterocycles. The van der Waals surface area contributed by atoms with Gasteiger partial charge in [0.15, 0.2) is 5.78 Å². The van der Waals surface area contributed by atoms with Crippen LogP contribution in [0.5, 0.6) is 0 Å². The van der Waals surface area contributed by atoms with Gasteiger partial charge in [0.2, 0.25) is 0 Å². The SMILES string of the molecule is CCCc1ccc(C(=O)CS(=O)CCCOC)cc1. The third-order valence-corrected chi connectivity index (χ3v) is 4.16. The Morgan fingerprint density at radius 2 is 1.95 bits per heavy atom. The number of Topliss-reactive ketones (excluding diaryl/α,β-unsaturated/α-hetero) is 1. The summed E-state index contributed by atoms with van der Waals surface area (Å²) in [6, 6.07) is 7.62. The van der Waals surface area contributed by atoms with Gasteiger partial charge in [-0.1, -0.05) is 37.6 Å². The Morgan fingerprint density at radius 3 is 2.53 bits per heavy atom. The Bertz CT molecular complexity index is 412. The van der Waals surface area contributed by atoms with Crippen molar-refractivity contribution in [3.8, 4) is 0 Å². The molecule has 3 nitrogen and oxygen atoms in total. The molecule has 1 aromatic rings. The molecule has 0 aliphatic carbocycles. The molecule has 0 N–H and O–H groups in total. The minimum Gasteiger partial charge on any atom is -0.385 e. The minimum atomic E-state index is -1.09. The van der Waals surface area contributed by atoms with Gasteiger partial charge < -0.3 is 4.74 Å². The zero-order valence-corrected chi connectivity index (χ0v) is 12.5. The molecule has 1 rings (SSSR count). The highest BCUT2D eigenvalue weighted by atomic mass is 32.2. The normalized spacial score (nSPS) is 12.3. The molecule has 0 aromatic heterocycles. The van der Waals surface area contributed by atoms with Gasteiger partial charge >= 0.3 is 0 Å². The second kappa shape index (κ2) is 8.99. The summed E-state index contributed by atoms with van der Waals surface area (Å²) in [4.78, 5) is 11.9. The summed E-state index contributed by atoms with van der Waals surface area (Å²) in [5.74, 6) is 0.587. The summed E-state index contributed by atoms with van der Waals surface area (Å²) >= 11 is 0. The second-order valence-corrected chi connectivity index (χ2v) is 6.08. The predicted octanol–water partition coefficient (Wildman–Crippen LogP) is 2.61. The standard InChI is InChI=1S/C15H22O3S/c1-3-5-13-6-8-14(9-7-13)15(16)12-19(17)11-4-10-18-2/h6-9H,3-5,10-12H2,1-2H3. The van der Waals surface area contributed by atoms with Gasteiger partial charge in [0, 0.05) is 35.8 Å².